The van der Waals surface area contributed by atoms with Crippen molar-refractivity contribution < 1.29 is 31.9 Å². The molecule has 8 nitrogen and oxygen atoms in total. The van der Waals surface area contributed by atoms with Gasteiger partial charge in [-0.15, -0.1) is 0 Å². The number of rotatable bonds is 9. The van der Waals surface area contributed by atoms with Crippen molar-refractivity contribution in [1.82, 2.24) is 4.90 Å². The van der Waals surface area contributed by atoms with Gasteiger partial charge in [0.1, 0.15) is 17.1 Å². The molecule has 0 saturated heterocycles. The molecule has 1 N–H and O–H groups in total. The fourth-order valence-electron chi connectivity index (χ4n) is 4.28. The molecule has 34 heavy (non-hydrogen) atoms. The fourth-order valence-corrected chi connectivity index (χ4v) is 5.56. The van der Waals surface area contributed by atoms with Crippen molar-refractivity contribution in [1.29, 1.82) is 0 Å². The van der Waals surface area contributed by atoms with Crippen molar-refractivity contribution in [3.8, 4) is 5.75 Å². The minimum atomic E-state index is -4.35. The van der Waals surface area contributed by atoms with Gasteiger partial charge in [0, 0.05) is 17.9 Å². The van der Waals surface area contributed by atoms with Crippen molar-refractivity contribution >= 4 is 27.5 Å². The highest BCUT2D eigenvalue weighted by Gasteiger charge is 2.45. The van der Waals surface area contributed by atoms with E-state index in [1.54, 1.807) is 6.07 Å². The summed E-state index contributed by atoms with van der Waals surface area (Å²) in [6.45, 7) is 1.07. The van der Waals surface area contributed by atoms with Gasteiger partial charge < -0.3 is 14.4 Å². The third-order valence-electron chi connectivity index (χ3n) is 6.13. The summed E-state index contributed by atoms with van der Waals surface area (Å²) in [6.07, 6.45) is 1.51. The lowest BCUT2D eigenvalue weighted by molar-refractivity contribution is 0.0596. The van der Waals surface area contributed by atoms with E-state index in [1.807, 2.05) is 19.0 Å². The van der Waals surface area contributed by atoms with E-state index >= 15 is 0 Å². The molecule has 0 spiro atoms. The summed E-state index contributed by atoms with van der Waals surface area (Å²) in [7, 11) is 0.566. The van der Waals surface area contributed by atoms with Crippen LogP contribution in [0.1, 0.15) is 51.5 Å². The zero-order valence-electron chi connectivity index (χ0n) is 19.3. The summed E-state index contributed by atoms with van der Waals surface area (Å²) in [6, 6.07) is 6.20. The summed E-state index contributed by atoms with van der Waals surface area (Å²) in [5, 5.41) is 0. The molecule has 4 rings (SSSR count). The Labute approximate surface area is 198 Å². The Kier molecular flexibility index (Phi) is 6.64. The van der Waals surface area contributed by atoms with Crippen molar-refractivity contribution in [3.05, 3.63) is 52.8 Å². The highest BCUT2D eigenvalue weighted by molar-refractivity contribution is 7.92. The van der Waals surface area contributed by atoms with E-state index in [2.05, 4.69) is 4.72 Å². The highest BCUT2D eigenvalue weighted by atomic mass is 32.2. The van der Waals surface area contributed by atoms with Crippen LogP contribution >= 0.6 is 0 Å². The van der Waals surface area contributed by atoms with E-state index in [9.17, 15) is 22.4 Å². The van der Waals surface area contributed by atoms with E-state index < -0.39 is 27.6 Å². The number of sulfonamides is 1. The molecule has 2 aromatic rings. The minimum Gasteiger partial charge on any atom is -0.492 e. The van der Waals surface area contributed by atoms with Gasteiger partial charge in [0.15, 0.2) is 5.78 Å². The predicted molar refractivity (Wildman–Crippen MR) is 123 cm³/mol. The van der Waals surface area contributed by atoms with Crippen LogP contribution in [-0.2, 0) is 14.8 Å². The van der Waals surface area contributed by atoms with Crippen molar-refractivity contribution in [3.63, 3.8) is 0 Å². The number of halogens is 1. The molecule has 10 heteroatoms. The molecule has 1 heterocycles. The number of nitrogens with zero attached hydrogens (tertiary/aromatic N) is 1. The summed E-state index contributed by atoms with van der Waals surface area (Å²) in [5.74, 6) is -0.949. The van der Waals surface area contributed by atoms with Crippen LogP contribution in [0.3, 0.4) is 0 Å². The van der Waals surface area contributed by atoms with E-state index in [0.717, 1.165) is 30.2 Å². The van der Waals surface area contributed by atoms with Crippen molar-refractivity contribution in [2.24, 2.45) is 5.92 Å². The number of benzene rings is 2. The number of carbonyl (C=O) groups excluding carboxylic acids is 2. The lowest BCUT2D eigenvalue weighted by atomic mass is 10.0. The number of hydrogen-bond donors (Lipinski definition) is 1. The molecule has 182 valence electrons. The van der Waals surface area contributed by atoms with Crippen LogP contribution in [0.25, 0.3) is 0 Å². The molecule has 0 radical (unpaired) electrons. The summed E-state index contributed by atoms with van der Waals surface area (Å²) >= 11 is 0. The van der Waals surface area contributed by atoms with Gasteiger partial charge in [-0.25, -0.2) is 17.6 Å². The number of fused-ring (bicyclic) bond motifs is 3. The van der Waals surface area contributed by atoms with E-state index in [1.165, 1.54) is 13.2 Å². The Morgan fingerprint density at radius 1 is 1.24 bits per heavy atom. The SMILES string of the molecule is COC(=O)c1c(NS(=O)(=O)c2ccc(F)cc2C(=O)CCCN(C)C)ccc2c1OCC1CC21. The van der Waals surface area contributed by atoms with Gasteiger partial charge in [0.2, 0.25) is 0 Å². The van der Waals surface area contributed by atoms with E-state index in [0.29, 0.717) is 31.2 Å². The maximum absolute atomic E-state index is 14.0. The predicted octanol–water partition coefficient (Wildman–Crippen LogP) is 3.43. The number of anilines is 1. The van der Waals surface area contributed by atoms with Crippen molar-refractivity contribution in [2.75, 3.05) is 39.1 Å². The fraction of sp³-hybridized carbons (Fsp3) is 0.417. The number of Topliss-reactive ketones (excluding diaryl/α,β-unsaturated/α-hetero) is 1. The van der Waals surface area contributed by atoms with Crippen molar-refractivity contribution in [2.45, 2.75) is 30.1 Å². The molecule has 1 aliphatic carbocycles. The zero-order chi connectivity index (χ0) is 24.6. The molecule has 1 fully saturated rings. The topological polar surface area (TPSA) is 102 Å². The van der Waals surface area contributed by atoms with Gasteiger partial charge in [-0.05, 0) is 69.2 Å². The number of methoxy groups -OCH3 is 1. The van der Waals surface area contributed by atoms with Crippen LogP contribution in [-0.4, -0.2) is 59.4 Å². The Hall–Kier alpha value is -2.98. The number of esters is 1. The standard InChI is InChI=1S/C24H27FN2O6S/c1-27(2)10-4-5-20(28)18-12-15(25)6-9-21(18)34(30,31)26-19-8-7-16-17-11-14(17)13-33-23(16)22(19)24(29)32-3/h6-9,12,14,17,26H,4-5,10-11,13H2,1-3H3. The summed E-state index contributed by atoms with van der Waals surface area (Å²) in [4.78, 5) is 26.9. The van der Waals surface area contributed by atoms with Gasteiger partial charge in [-0.1, -0.05) is 6.07 Å². The highest BCUT2D eigenvalue weighted by Crippen LogP contribution is 2.55. The second-order valence-electron chi connectivity index (χ2n) is 8.89. The monoisotopic (exact) mass is 490 g/mol. The Morgan fingerprint density at radius 3 is 2.71 bits per heavy atom. The van der Waals surface area contributed by atoms with Gasteiger partial charge in [-0.3, -0.25) is 9.52 Å². The second kappa shape index (κ2) is 9.34. The molecule has 2 atom stereocenters. The first-order valence-corrected chi connectivity index (χ1v) is 12.5. The molecule has 1 aliphatic heterocycles. The number of hydrogen-bond acceptors (Lipinski definition) is 7. The first-order valence-electron chi connectivity index (χ1n) is 11.0. The average molecular weight is 491 g/mol. The summed E-state index contributed by atoms with van der Waals surface area (Å²) < 4.78 is 53.7. The van der Waals surface area contributed by atoms with E-state index in [-0.39, 0.29) is 34.0 Å². The van der Waals surface area contributed by atoms with Crippen LogP contribution in [0.2, 0.25) is 0 Å². The van der Waals surface area contributed by atoms with Gasteiger partial charge in [0.05, 0.1) is 24.3 Å². The lowest BCUT2D eigenvalue weighted by Crippen LogP contribution is -2.21. The first kappa shape index (κ1) is 24.2. The van der Waals surface area contributed by atoms with Crippen LogP contribution in [0.5, 0.6) is 5.75 Å². The van der Waals surface area contributed by atoms with Crippen LogP contribution in [0, 0.1) is 11.7 Å². The average Bonchev–Trinajstić information content (AvgIpc) is 3.57. The van der Waals surface area contributed by atoms with Gasteiger partial charge in [0.25, 0.3) is 10.0 Å². The quantitative estimate of drug-likeness (QED) is 0.424. The van der Waals surface area contributed by atoms with Crippen LogP contribution in [0.15, 0.2) is 35.2 Å². The first-order chi connectivity index (χ1) is 16.1. The van der Waals surface area contributed by atoms with Crippen LogP contribution in [0.4, 0.5) is 10.1 Å². The maximum Gasteiger partial charge on any atom is 0.343 e. The molecule has 2 aliphatic rings. The minimum absolute atomic E-state index is 0.0186. The van der Waals surface area contributed by atoms with Crippen LogP contribution < -0.4 is 9.46 Å². The molecule has 1 saturated carbocycles. The zero-order valence-corrected chi connectivity index (χ0v) is 20.1. The maximum atomic E-state index is 14.0. The number of nitrogens with one attached hydrogen (secondary N) is 1. The number of carbonyl (C=O) groups is 2. The largest absolute Gasteiger partial charge is 0.492 e. The third-order valence-corrected chi connectivity index (χ3v) is 7.55. The summed E-state index contributed by atoms with van der Waals surface area (Å²) in [5.41, 5.74) is 0.564. The molecule has 2 unspecified atom stereocenters. The Morgan fingerprint density at radius 2 is 2.00 bits per heavy atom. The normalized spacial score (nSPS) is 18.5. The number of ether oxygens (including phenoxy) is 2. The molecule has 2 aromatic carbocycles. The lowest BCUT2D eigenvalue weighted by Gasteiger charge is -2.22. The Balaban J connectivity index is 1.69. The molecule has 0 amide bonds. The van der Waals surface area contributed by atoms with Gasteiger partial charge >= 0.3 is 5.97 Å². The van der Waals surface area contributed by atoms with Gasteiger partial charge in [-0.2, -0.15) is 0 Å². The smallest absolute Gasteiger partial charge is 0.343 e. The number of ketones is 1. The molecule has 0 aromatic heterocycles. The third kappa shape index (κ3) is 4.78. The Bertz CT molecular complexity index is 1240. The molecular formula is C24H27FN2O6S. The second-order valence-corrected chi connectivity index (χ2v) is 10.5. The molecular weight excluding hydrogens is 463 g/mol. The van der Waals surface area contributed by atoms with E-state index in [4.69, 9.17) is 9.47 Å². The molecule has 0 bridgehead atoms.